The van der Waals surface area contributed by atoms with Gasteiger partial charge in [0.15, 0.2) is 5.82 Å². The molecule has 1 heterocycles. The molecule has 1 aromatic rings. The van der Waals surface area contributed by atoms with Crippen molar-refractivity contribution in [3.63, 3.8) is 0 Å². The normalized spacial score (nSPS) is 28.2. The van der Waals surface area contributed by atoms with Gasteiger partial charge in [0.05, 0.1) is 0 Å². The van der Waals surface area contributed by atoms with Gasteiger partial charge in [-0.05, 0) is 37.5 Å². The van der Waals surface area contributed by atoms with E-state index in [1.807, 2.05) is 0 Å². The van der Waals surface area contributed by atoms with Crippen LogP contribution >= 0.6 is 0 Å². The van der Waals surface area contributed by atoms with Crippen LogP contribution in [0.4, 0.5) is 0 Å². The lowest BCUT2D eigenvalue weighted by Crippen LogP contribution is -2.18. The van der Waals surface area contributed by atoms with Crippen LogP contribution in [0, 0.1) is 11.8 Å². The van der Waals surface area contributed by atoms with Crippen molar-refractivity contribution in [2.24, 2.45) is 11.8 Å². The first kappa shape index (κ1) is 9.62. The summed E-state index contributed by atoms with van der Waals surface area (Å²) in [5, 5.41) is 14.3. The fourth-order valence-electron chi connectivity index (χ4n) is 2.39. The molecule has 1 aliphatic rings. The van der Waals surface area contributed by atoms with Gasteiger partial charge in [-0.1, -0.05) is 19.1 Å². The van der Waals surface area contributed by atoms with Gasteiger partial charge in [0, 0.05) is 5.92 Å². The second-order valence-corrected chi connectivity index (χ2v) is 4.63. The molecule has 1 saturated carbocycles. The molecule has 0 unspecified atom stereocenters. The van der Waals surface area contributed by atoms with Crippen LogP contribution in [0.25, 0.3) is 0 Å². The third-order valence-corrected chi connectivity index (χ3v) is 3.44. The summed E-state index contributed by atoms with van der Waals surface area (Å²) in [7, 11) is 0. The Hall–Kier alpha value is -0.930. The summed E-state index contributed by atoms with van der Waals surface area (Å²) in [6, 6.07) is 0. The van der Waals surface area contributed by atoms with Gasteiger partial charge >= 0.3 is 0 Å². The van der Waals surface area contributed by atoms with Gasteiger partial charge in [-0.25, -0.2) is 0 Å². The van der Waals surface area contributed by atoms with Crippen molar-refractivity contribution >= 4 is 0 Å². The Kier molecular flexibility index (Phi) is 2.79. The number of tetrazole rings is 1. The highest BCUT2D eigenvalue weighted by Crippen LogP contribution is 2.36. The largest absolute Gasteiger partial charge is 0.177 e. The molecule has 78 valence electrons. The summed E-state index contributed by atoms with van der Waals surface area (Å²) in [6.07, 6.45) is 5.08. The van der Waals surface area contributed by atoms with E-state index in [1.54, 1.807) is 0 Å². The van der Waals surface area contributed by atoms with Crippen molar-refractivity contribution in [2.45, 2.75) is 45.4 Å². The van der Waals surface area contributed by atoms with Crippen LogP contribution in [0.2, 0.25) is 0 Å². The van der Waals surface area contributed by atoms with Crippen molar-refractivity contribution in [3.8, 4) is 0 Å². The number of nitrogens with zero attached hydrogens (tertiary/aromatic N) is 3. The standard InChI is InChI=1S/C10H18N4/c1-7(2)8-3-5-9(6-4-8)10-11-13-14-12-10/h7-9H,3-6H2,1-2H3,(H,11,12,13,14). The average molecular weight is 194 g/mol. The number of aromatic amines is 1. The molecule has 2 rings (SSSR count). The van der Waals surface area contributed by atoms with Crippen LogP contribution in [-0.4, -0.2) is 20.6 Å². The summed E-state index contributed by atoms with van der Waals surface area (Å²) in [4.78, 5) is 0. The summed E-state index contributed by atoms with van der Waals surface area (Å²) in [5.41, 5.74) is 0. The monoisotopic (exact) mass is 194 g/mol. The third-order valence-electron chi connectivity index (χ3n) is 3.44. The number of aromatic nitrogens is 4. The van der Waals surface area contributed by atoms with Crippen LogP contribution in [0.3, 0.4) is 0 Å². The zero-order valence-electron chi connectivity index (χ0n) is 8.90. The summed E-state index contributed by atoms with van der Waals surface area (Å²) >= 11 is 0. The predicted molar refractivity (Wildman–Crippen MR) is 53.7 cm³/mol. The van der Waals surface area contributed by atoms with Gasteiger partial charge in [0.2, 0.25) is 0 Å². The van der Waals surface area contributed by atoms with Gasteiger partial charge in [-0.2, -0.15) is 5.21 Å². The molecule has 0 aliphatic heterocycles. The van der Waals surface area contributed by atoms with Crippen molar-refractivity contribution in [1.82, 2.24) is 20.6 Å². The maximum Gasteiger partial charge on any atom is 0.177 e. The first-order valence-electron chi connectivity index (χ1n) is 5.50. The zero-order valence-corrected chi connectivity index (χ0v) is 8.90. The van der Waals surface area contributed by atoms with Crippen LogP contribution in [0.5, 0.6) is 0 Å². The highest BCUT2D eigenvalue weighted by molar-refractivity contribution is 4.93. The molecule has 1 aromatic heterocycles. The lowest BCUT2D eigenvalue weighted by Gasteiger charge is -2.29. The lowest BCUT2D eigenvalue weighted by molar-refractivity contribution is 0.255. The molecule has 0 atom stereocenters. The fourth-order valence-corrected chi connectivity index (χ4v) is 2.39. The van der Waals surface area contributed by atoms with Gasteiger partial charge in [0.1, 0.15) is 0 Å². The van der Waals surface area contributed by atoms with E-state index >= 15 is 0 Å². The highest BCUT2D eigenvalue weighted by atomic mass is 15.5. The Labute approximate surface area is 84.5 Å². The van der Waals surface area contributed by atoms with Gasteiger partial charge in [0.25, 0.3) is 0 Å². The molecule has 1 aliphatic carbocycles. The summed E-state index contributed by atoms with van der Waals surface area (Å²) in [6.45, 7) is 4.64. The summed E-state index contributed by atoms with van der Waals surface area (Å²) < 4.78 is 0. The van der Waals surface area contributed by atoms with E-state index in [0.717, 1.165) is 17.7 Å². The van der Waals surface area contributed by atoms with Crippen molar-refractivity contribution in [3.05, 3.63) is 5.82 Å². The Morgan fingerprint density at radius 1 is 1.21 bits per heavy atom. The van der Waals surface area contributed by atoms with E-state index in [0.29, 0.717) is 5.92 Å². The lowest BCUT2D eigenvalue weighted by atomic mass is 9.77. The smallest absolute Gasteiger partial charge is 0.177 e. The first-order chi connectivity index (χ1) is 6.77. The molecule has 14 heavy (non-hydrogen) atoms. The van der Waals surface area contributed by atoms with Crippen LogP contribution in [0.15, 0.2) is 0 Å². The van der Waals surface area contributed by atoms with E-state index < -0.39 is 0 Å². The Balaban J connectivity index is 1.90. The molecule has 4 nitrogen and oxygen atoms in total. The molecule has 0 spiro atoms. The SMILES string of the molecule is CC(C)C1CCC(c2nn[nH]n2)CC1. The second kappa shape index (κ2) is 4.07. The number of H-pyrrole nitrogens is 1. The molecule has 4 heteroatoms. The first-order valence-corrected chi connectivity index (χ1v) is 5.50. The minimum absolute atomic E-state index is 0.545. The van der Waals surface area contributed by atoms with E-state index in [1.165, 1.54) is 25.7 Å². The third kappa shape index (κ3) is 1.94. The molecule has 0 saturated heterocycles. The van der Waals surface area contributed by atoms with Gasteiger partial charge in [-0.15, -0.1) is 10.2 Å². The maximum atomic E-state index is 4.06. The maximum absolute atomic E-state index is 4.06. The zero-order chi connectivity index (χ0) is 9.97. The number of rotatable bonds is 2. The number of hydrogen-bond acceptors (Lipinski definition) is 3. The molecular formula is C10H18N4. The van der Waals surface area contributed by atoms with E-state index in [-0.39, 0.29) is 0 Å². The Morgan fingerprint density at radius 3 is 2.43 bits per heavy atom. The van der Waals surface area contributed by atoms with Crippen molar-refractivity contribution in [2.75, 3.05) is 0 Å². The summed E-state index contributed by atoms with van der Waals surface area (Å²) in [5.74, 6) is 3.18. The van der Waals surface area contributed by atoms with Crippen LogP contribution in [-0.2, 0) is 0 Å². The minimum Gasteiger partial charge on any atom is -0.177 e. The molecule has 1 fully saturated rings. The van der Waals surface area contributed by atoms with Crippen molar-refractivity contribution < 1.29 is 0 Å². The van der Waals surface area contributed by atoms with Gasteiger partial charge < -0.3 is 0 Å². The quantitative estimate of drug-likeness (QED) is 0.784. The molecular weight excluding hydrogens is 176 g/mol. The number of hydrogen-bond donors (Lipinski definition) is 1. The van der Waals surface area contributed by atoms with Gasteiger partial charge in [-0.3, -0.25) is 0 Å². The topological polar surface area (TPSA) is 54.5 Å². The molecule has 1 N–H and O–H groups in total. The molecule has 0 bridgehead atoms. The average Bonchev–Trinajstić information content (AvgIpc) is 2.71. The molecule has 0 aromatic carbocycles. The molecule has 0 radical (unpaired) electrons. The second-order valence-electron chi connectivity index (χ2n) is 4.63. The minimum atomic E-state index is 0.545. The highest BCUT2D eigenvalue weighted by Gasteiger charge is 2.26. The molecule has 0 amide bonds. The van der Waals surface area contributed by atoms with Crippen LogP contribution in [0.1, 0.15) is 51.3 Å². The van der Waals surface area contributed by atoms with E-state index in [9.17, 15) is 0 Å². The fraction of sp³-hybridized carbons (Fsp3) is 0.900. The van der Waals surface area contributed by atoms with E-state index in [2.05, 4.69) is 34.5 Å². The Bertz CT molecular complexity index is 260. The predicted octanol–water partition coefficient (Wildman–Crippen LogP) is 2.13. The van der Waals surface area contributed by atoms with Crippen LogP contribution < -0.4 is 0 Å². The number of nitrogens with one attached hydrogen (secondary N) is 1. The van der Waals surface area contributed by atoms with Crippen molar-refractivity contribution in [1.29, 1.82) is 0 Å². The Morgan fingerprint density at radius 2 is 1.93 bits per heavy atom. The van der Waals surface area contributed by atoms with E-state index in [4.69, 9.17) is 0 Å².